The lowest BCUT2D eigenvalue weighted by molar-refractivity contribution is 0.147. The summed E-state index contributed by atoms with van der Waals surface area (Å²) < 4.78 is 11.3. The van der Waals surface area contributed by atoms with Crippen LogP contribution in [0.25, 0.3) is 11.5 Å². The van der Waals surface area contributed by atoms with E-state index in [1.165, 1.54) is 0 Å². The van der Waals surface area contributed by atoms with Crippen LogP contribution in [-0.4, -0.2) is 54.6 Å². The van der Waals surface area contributed by atoms with Gasteiger partial charge in [0.1, 0.15) is 12.0 Å². The van der Waals surface area contributed by atoms with Crippen LogP contribution >= 0.6 is 0 Å². The second kappa shape index (κ2) is 6.94. The van der Waals surface area contributed by atoms with E-state index in [0.717, 1.165) is 49.7 Å². The summed E-state index contributed by atoms with van der Waals surface area (Å²) in [4.78, 5) is 9.40. The van der Waals surface area contributed by atoms with Crippen molar-refractivity contribution in [1.82, 2.24) is 14.8 Å². The van der Waals surface area contributed by atoms with Crippen molar-refractivity contribution >= 4 is 0 Å². The molecule has 0 aliphatic carbocycles. The highest BCUT2D eigenvalue weighted by Crippen LogP contribution is 2.29. The lowest BCUT2D eigenvalue weighted by Gasteiger charge is -2.31. The van der Waals surface area contributed by atoms with Gasteiger partial charge in [0.05, 0.1) is 17.9 Å². The lowest BCUT2D eigenvalue weighted by Crippen LogP contribution is -2.43. The van der Waals surface area contributed by atoms with Crippen LogP contribution < -0.4 is 4.74 Å². The number of ether oxygens (including phenoxy) is 1. The van der Waals surface area contributed by atoms with Gasteiger partial charge in [-0.3, -0.25) is 4.90 Å². The second-order valence-corrected chi connectivity index (χ2v) is 5.65. The minimum atomic E-state index is 0.631. The van der Waals surface area contributed by atoms with Gasteiger partial charge in [-0.1, -0.05) is 12.1 Å². The average molecular weight is 301 g/mol. The van der Waals surface area contributed by atoms with Crippen molar-refractivity contribution in [2.75, 3.05) is 39.8 Å². The van der Waals surface area contributed by atoms with Gasteiger partial charge >= 0.3 is 0 Å². The molecule has 2 aromatic rings. The van der Waals surface area contributed by atoms with Crippen LogP contribution in [-0.2, 0) is 6.54 Å². The van der Waals surface area contributed by atoms with Crippen molar-refractivity contribution < 1.29 is 9.15 Å². The minimum absolute atomic E-state index is 0.631. The molecule has 1 aromatic heterocycles. The number of aromatic nitrogens is 1. The van der Waals surface area contributed by atoms with Crippen LogP contribution in [0.15, 0.2) is 34.9 Å². The van der Waals surface area contributed by atoms with E-state index in [1.54, 1.807) is 6.26 Å². The highest BCUT2D eigenvalue weighted by molar-refractivity contribution is 5.62. The van der Waals surface area contributed by atoms with Gasteiger partial charge in [0.2, 0.25) is 5.89 Å². The quantitative estimate of drug-likeness (QED) is 0.849. The van der Waals surface area contributed by atoms with Gasteiger partial charge in [-0.15, -0.1) is 0 Å². The summed E-state index contributed by atoms with van der Waals surface area (Å²) in [5, 5.41) is 0. The number of hydrogen-bond donors (Lipinski definition) is 0. The molecule has 1 fully saturated rings. The number of oxazole rings is 1. The van der Waals surface area contributed by atoms with E-state index in [4.69, 9.17) is 9.15 Å². The van der Waals surface area contributed by atoms with Crippen molar-refractivity contribution in [3.05, 3.63) is 36.2 Å². The van der Waals surface area contributed by atoms with E-state index in [-0.39, 0.29) is 0 Å². The van der Waals surface area contributed by atoms with Crippen LogP contribution in [0.1, 0.15) is 12.6 Å². The molecule has 0 amide bonds. The Labute approximate surface area is 131 Å². The van der Waals surface area contributed by atoms with Crippen molar-refractivity contribution in [2.45, 2.75) is 13.5 Å². The molecule has 5 nitrogen and oxygen atoms in total. The topological polar surface area (TPSA) is 41.7 Å². The van der Waals surface area contributed by atoms with Gasteiger partial charge in [0.15, 0.2) is 0 Å². The van der Waals surface area contributed by atoms with E-state index in [2.05, 4.69) is 21.8 Å². The van der Waals surface area contributed by atoms with Crippen molar-refractivity contribution in [3.63, 3.8) is 0 Å². The van der Waals surface area contributed by atoms with E-state index < -0.39 is 0 Å². The summed E-state index contributed by atoms with van der Waals surface area (Å²) in [6.45, 7) is 7.82. The molecule has 1 aromatic carbocycles. The first-order valence-corrected chi connectivity index (χ1v) is 7.83. The molecule has 0 radical (unpaired) electrons. The molecule has 0 N–H and O–H groups in total. The zero-order valence-electron chi connectivity index (χ0n) is 13.3. The normalized spacial score (nSPS) is 16.8. The summed E-state index contributed by atoms with van der Waals surface area (Å²) in [5.74, 6) is 1.45. The van der Waals surface area contributed by atoms with Gasteiger partial charge in [0, 0.05) is 32.7 Å². The number of rotatable bonds is 5. The molecular weight excluding hydrogens is 278 g/mol. The lowest BCUT2D eigenvalue weighted by atomic mass is 10.2. The molecule has 1 aliphatic heterocycles. The second-order valence-electron chi connectivity index (χ2n) is 5.65. The molecule has 1 aliphatic rings. The van der Waals surface area contributed by atoms with E-state index in [9.17, 15) is 0 Å². The summed E-state index contributed by atoms with van der Waals surface area (Å²) in [7, 11) is 2.16. The predicted octanol–water partition coefficient (Wildman–Crippen LogP) is 2.49. The number of piperazine rings is 1. The number of nitrogens with zero attached hydrogens (tertiary/aromatic N) is 3. The molecule has 118 valence electrons. The molecule has 0 spiro atoms. The Morgan fingerprint density at radius 2 is 1.95 bits per heavy atom. The van der Waals surface area contributed by atoms with Gasteiger partial charge in [0.25, 0.3) is 0 Å². The third-order valence-corrected chi connectivity index (χ3v) is 3.95. The van der Waals surface area contributed by atoms with Crippen molar-refractivity contribution in [3.8, 4) is 17.2 Å². The molecule has 2 heterocycles. The SMILES string of the molecule is CCOc1ccccc1-c1nc(CN2CCN(C)CC2)co1. The Balaban J connectivity index is 1.71. The van der Waals surface area contributed by atoms with Crippen molar-refractivity contribution in [1.29, 1.82) is 0 Å². The maximum Gasteiger partial charge on any atom is 0.229 e. The minimum Gasteiger partial charge on any atom is -0.493 e. The summed E-state index contributed by atoms with van der Waals surface area (Å²) in [6, 6.07) is 7.87. The maximum absolute atomic E-state index is 5.67. The standard InChI is InChI=1S/C17H23N3O2/c1-3-21-16-7-5-4-6-15(16)17-18-14(13-22-17)12-20-10-8-19(2)9-11-20/h4-7,13H,3,8-12H2,1-2H3. The Bertz CT molecular complexity index is 603. The summed E-state index contributed by atoms with van der Waals surface area (Å²) in [5.41, 5.74) is 1.89. The van der Waals surface area contributed by atoms with Gasteiger partial charge < -0.3 is 14.1 Å². The first-order valence-electron chi connectivity index (χ1n) is 7.83. The van der Waals surface area contributed by atoms with Crippen LogP contribution in [0.2, 0.25) is 0 Å². The fourth-order valence-electron chi connectivity index (χ4n) is 2.66. The Kier molecular flexibility index (Phi) is 4.75. The molecule has 5 heteroatoms. The Morgan fingerprint density at radius 1 is 1.18 bits per heavy atom. The molecule has 3 rings (SSSR count). The van der Waals surface area contributed by atoms with E-state index >= 15 is 0 Å². The van der Waals surface area contributed by atoms with E-state index in [1.807, 2.05) is 31.2 Å². The van der Waals surface area contributed by atoms with Crippen LogP contribution in [0.3, 0.4) is 0 Å². The highest BCUT2D eigenvalue weighted by Gasteiger charge is 2.17. The molecular formula is C17H23N3O2. The predicted molar refractivity (Wildman–Crippen MR) is 85.9 cm³/mol. The molecule has 22 heavy (non-hydrogen) atoms. The van der Waals surface area contributed by atoms with Crippen LogP contribution in [0.5, 0.6) is 5.75 Å². The van der Waals surface area contributed by atoms with Crippen molar-refractivity contribution in [2.24, 2.45) is 0 Å². The number of likely N-dealkylation sites (N-methyl/N-ethyl adjacent to an activating group) is 1. The average Bonchev–Trinajstić information content (AvgIpc) is 2.99. The zero-order chi connectivity index (χ0) is 15.4. The monoisotopic (exact) mass is 301 g/mol. The fraction of sp³-hybridized carbons (Fsp3) is 0.471. The smallest absolute Gasteiger partial charge is 0.229 e. The van der Waals surface area contributed by atoms with Gasteiger partial charge in [-0.2, -0.15) is 0 Å². The van der Waals surface area contributed by atoms with Gasteiger partial charge in [-0.25, -0.2) is 4.98 Å². The summed E-state index contributed by atoms with van der Waals surface area (Å²) >= 11 is 0. The number of hydrogen-bond acceptors (Lipinski definition) is 5. The van der Waals surface area contributed by atoms with Crippen LogP contribution in [0, 0.1) is 0 Å². The highest BCUT2D eigenvalue weighted by atomic mass is 16.5. The fourth-order valence-corrected chi connectivity index (χ4v) is 2.66. The first kappa shape index (κ1) is 15.1. The number of para-hydroxylation sites is 1. The van der Waals surface area contributed by atoms with E-state index in [0.29, 0.717) is 12.5 Å². The Hall–Kier alpha value is -1.85. The third kappa shape index (κ3) is 3.48. The molecule has 0 saturated carbocycles. The molecule has 0 bridgehead atoms. The molecule has 1 saturated heterocycles. The number of benzene rings is 1. The molecule has 0 atom stereocenters. The summed E-state index contributed by atoms with van der Waals surface area (Å²) in [6.07, 6.45) is 1.76. The maximum atomic E-state index is 5.67. The third-order valence-electron chi connectivity index (χ3n) is 3.95. The largest absolute Gasteiger partial charge is 0.493 e. The Morgan fingerprint density at radius 3 is 2.73 bits per heavy atom. The molecule has 0 unspecified atom stereocenters. The van der Waals surface area contributed by atoms with Gasteiger partial charge in [-0.05, 0) is 26.1 Å². The first-order chi connectivity index (χ1) is 10.8. The zero-order valence-corrected chi connectivity index (χ0v) is 13.3. The van der Waals surface area contributed by atoms with Crippen LogP contribution in [0.4, 0.5) is 0 Å².